The Kier molecular flexibility index (Phi) is 29.9. The summed E-state index contributed by atoms with van der Waals surface area (Å²) in [5.74, 6) is -2.17. The highest BCUT2D eigenvalue weighted by molar-refractivity contribution is 7.97. The molecule has 1 atom stereocenters. The molecule has 0 saturated heterocycles. The lowest BCUT2D eigenvalue weighted by Gasteiger charge is -2.20. The van der Waals surface area contributed by atoms with E-state index in [4.69, 9.17) is 5.11 Å². The molecule has 0 aliphatic carbocycles. The molecule has 0 saturated carbocycles. The van der Waals surface area contributed by atoms with Gasteiger partial charge in [0.15, 0.2) is 14.7 Å². The van der Waals surface area contributed by atoms with E-state index in [9.17, 15) is 14.7 Å². The van der Waals surface area contributed by atoms with Crippen LogP contribution in [-0.4, -0.2) is 22.8 Å². The summed E-state index contributed by atoms with van der Waals surface area (Å²) >= 11 is 4.13. The van der Waals surface area contributed by atoms with Crippen molar-refractivity contribution in [2.45, 2.75) is 176 Å². The van der Waals surface area contributed by atoms with Gasteiger partial charge in [0.2, 0.25) is 0 Å². The van der Waals surface area contributed by atoms with E-state index < -0.39 is 17.9 Å². The van der Waals surface area contributed by atoms with Crippen LogP contribution in [0.5, 0.6) is 0 Å². The van der Waals surface area contributed by atoms with E-state index in [0.29, 0.717) is 28.1 Å². The van der Waals surface area contributed by atoms with E-state index in [1.54, 1.807) is 0 Å². The van der Waals surface area contributed by atoms with Crippen molar-refractivity contribution in [1.29, 1.82) is 0 Å². The molecule has 4 nitrogen and oxygen atoms in total. The minimum Gasteiger partial charge on any atom is -0.550 e. The van der Waals surface area contributed by atoms with Gasteiger partial charge in [-0.2, -0.15) is 12.6 Å². The predicted octanol–water partition coefficient (Wildman–Crippen LogP) is 15.7. The molecule has 4 rings (SSSR count). The zero-order chi connectivity index (χ0) is 48.2. The van der Waals surface area contributed by atoms with Gasteiger partial charge in [-0.15, -0.1) is 0 Å². The number of carbonyl (C=O) groups excluding carboxylic acids is 1. The molecule has 0 aliphatic heterocycles. The number of hydrogen-bond donors (Lipinski definition) is 2. The molecule has 0 aliphatic rings. The Hall–Kier alpha value is -3.48. The number of carbonyl (C=O) groups is 2. The van der Waals surface area contributed by atoms with E-state index in [1.165, 1.54) is 33.1 Å². The maximum Gasteiger partial charge on any atom is 0.304 e. The zero-order valence-corrected chi connectivity index (χ0v) is 43.8. The fraction of sp³-hybridized carbons (Fsp3) is 0.536. The van der Waals surface area contributed by atoms with E-state index in [1.807, 2.05) is 0 Å². The summed E-state index contributed by atoms with van der Waals surface area (Å²) in [6, 6.07) is 42.7. The van der Waals surface area contributed by atoms with Crippen LogP contribution in [0.3, 0.4) is 0 Å². The number of rotatable bonds is 11. The van der Waals surface area contributed by atoms with Crippen LogP contribution >= 0.6 is 12.6 Å². The Morgan fingerprint density at radius 3 is 1.03 bits per heavy atom. The van der Waals surface area contributed by atoms with Crippen LogP contribution in [-0.2, 0) is 25.9 Å². The Morgan fingerprint density at radius 1 is 0.532 bits per heavy atom. The Bertz CT molecular complexity index is 1570. The minimum atomic E-state index is -1.26. The second-order valence-electron chi connectivity index (χ2n) is 22.3. The largest absolute Gasteiger partial charge is 0.550 e. The molecular formula is C56H88O4S2. The fourth-order valence-corrected chi connectivity index (χ4v) is 7.28. The van der Waals surface area contributed by atoms with Gasteiger partial charge in [-0.05, 0) is 100 Å². The molecule has 1 N–H and O–H groups in total. The van der Waals surface area contributed by atoms with Gasteiger partial charge in [0.25, 0.3) is 0 Å². The summed E-state index contributed by atoms with van der Waals surface area (Å²) in [7, 11) is -0.0146. The summed E-state index contributed by atoms with van der Waals surface area (Å²) < 4.78 is 0. The first-order chi connectivity index (χ1) is 28.3. The third-order valence-corrected chi connectivity index (χ3v) is 10.4. The van der Waals surface area contributed by atoms with Crippen molar-refractivity contribution in [1.82, 2.24) is 0 Å². The zero-order valence-electron chi connectivity index (χ0n) is 42.1. The van der Waals surface area contributed by atoms with Crippen LogP contribution in [0.15, 0.2) is 136 Å². The minimum absolute atomic E-state index is 0.0146. The Labute approximate surface area is 389 Å². The molecule has 4 aromatic rings. The highest BCUT2D eigenvalue weighted by atomic mass is 32.2. The maximum absolute atomic E-state index is 10.6. The Balaban J connectivity index is 0. The van der Waals surface area contributed by atoms with Gasteiger partial charge >= 0.3 is 5.97 Å². The molecule has 0 heterocycles. The third-order valence-electron chi connectivity index (χ3n) is 7.90. The van der Waals surface area contributed by atoms with Gasteiger partial charge in [-0.25, -0.2) is 0 Å². The van der Waals surface area contributed by atoms with E-state index in [-0.39, 0.29) is 22.7 Å². The van der Waals surface area contributed by atoms with E-state index >= 15 is 0 Å². The second-order valence-corrected chi connectivity index (χ2v) is 24.8. The third kappa shape index (κ3) is 39.4. The van der Waals surface area contributed by atoms with Crippen molar-refractivity contribution in [2.24, 2.45) is 27.6 Å². The average Bonchev–Trinajstić information content (AvgIpc) is 3.14. The molecule has 0 spiro atoms. The van der Waals surface area contributed by atoms with Gasteiger partial charge in [-0.3, -0.25) is 4.79 Å². The van der Waals surface area contributed by atoms with Gasteiger partial charge < -0.3 is 15.0 Å². The Morgan fingerprint density at radius 2 is 0.823 bits per heavy atom. The van der Waals surface area contributed by atoms with Crippen molar-refractivity contribution < 1.29 is 19.8 Å². The quantitative estimate of drug-likeness (QED) is 0.116. The number of aliphatic carboxylic acids is 2. The van der Waals surface area contributed by atoms with Crippen LogP contribution in [0.2, 0.25) is 0 Å². The smallest absolute Gasteiger partial charge is 0.304 e. The molecule has 348 valence electrons. The fourth-order valence-electron chi connectivity index (χ4n) is 5.02. The van der Waals surface area contributed by atoms with Gasteiger partial charge in [-0.1, -0.05) is 209 Å². The number of benzene rings is 4. The van der Waals surface area contributed by atoms with Crippen LogP contribution in [0.1, 0.15) is 162 Å². The molecule has 62 heavy (non-hydrogen) atoms. The van der Waals surface area contributed by atoms with Crippen molar-refractivity contribution in [3.63, 3.8) is 0 Å². The summed E-state index contributed by atoms with van der Waals surface area (Å²) in [6.07, 6.45) is 4.17. The molecular weight excluding hydrogens is 801 g/mol. The van der Waals surface area contributed by atoms with Crippen molar-refractivity contribution in [3.8, 4) is 0 Å². The molecule has 0 bridgehead atoms. The van der Waals surface area contributed by atoms with E-state index in [0.717, 1.165) is 18.6 Å². The summed E-state index contributed by atoms with van der Waals surface area (Å²) in [6.45, 7) is 37.2. The number of carboxylic acids is 2. The second kappa shape index (κ2) is 30.6. The predicted molar refractivity (Wildman–Crippen MR) is 273 cm³/mol. The molecule has 0 fully saturated rings. The summed E-state index contributed by atoms with van der Waals surface area (Å²) in [5, 5.41) is 19.1. The van der Waals surface area contributed by atoms with Crippen LogP contribution in [0.4, 0.5) is 0 Å². The van der Waals surface area contributed by atoms with Crippen LogP contribution < -0.4 is 5.11 Å². The normalized spacial score (nSPS) is 11.9. The van der Waals surface area contributed by atoms with Crippen LogP contribution in [0.25, 0.3) is 0 Å². The lowest BCUT2D eigenvalue weighted by Crippen LogP contribution is -2.32. The molecule has 1 unspecified atom stereocenters. The molecule has 0 radical (unpaired) electrons. The van der Waals surface area contributed by atoms with Gasteiger partial charge in [0.1, 0.15) is 0 Å². The van der Waals surface area contributed by atoms with Crippen molar-refractivity contribution in [3.05, 3.63) is 127 Å². The average molecular weight is 889 g/mol. The number of carboxylic acid groups (broad SMARTS) is 2. The van der Waals surface area contributed by atoms with E-state index in [2.05, 4.69) is 252 Å². The standard InChI is InChI=1S/C18H15S.C11H20O4.C10H14.C7H16S.2C5H12/c1-4-10-16(11-5-1)19(17-12-6-2-7-13-17)18-14-8-3-9-15-18;1-11(2,3)6-4-5-8(10(14)15)7-9(12)13;1-10(2,3)9-7-5-4-6-8-9;1-7(2,3)5-4-6-8;2*1-5(2,3)4/h1-15H;8H,4-7H2,1-3H3,(H,12,13)(H,14,15);4-8H,1-3H3;8H,4-6H2,1-3H3;2*1-4H3/q+1;;;;;/p-1. The topological polar surface area (TPSA) is 77.4 Å². The first-order valence-electron chi connectivity index (χ1n) is 22.3. The SMILES string of the molecule is CC(C)(C)C.CC(C)(C)C.CC(C)(C)CCCC(CC(=O)O)C(=O)[O-].CC(C)(C)CCCS.CC(C)(C)c1ccccc1.c1ccc([S+](c2ccccc2)c2ccccc2)cc1. The highest BCUT2D eigenvalue weighted by Gasteiger charge is 2.27. The lowest BCUT2D eigenvalue weighted by molar-refractivity contribution is -0.312. The molecule has 6 heteroatoms. The van der Waals surface area contributed by atoms with Crippen LogP contribution in [0, 0.1) is 27.6 Å². The summed E-state index contributed by atoms with van der Waals surface area (Å²) in [5.41, 5.74) is 3.35. The monoisotopic (exact) mass is 889 g/mol. The van der Waals surface area contributed by atoms with Gasteiger partial charge in [0, 0.05) is 11.9 Å². The maximum atomic E-state index is 10.6. The number of thiol groups is 1. The van der Waals surface area contributed by atoms with Crippen molar-refractivity contribution >= 4 is 35.5 Å². The highest BCUT2D eigenvalue weighted by Crippen LogP contribution is 2.30. The molecule has 4 aromatic carbocycles. The van der Waals surface area contributed by atoms with Crippen molar-refractivity contribution in [2.75, 3.05) is 5.75 Å². The van der Waals surface area contributed by atoms with Gasteiger partial charge in [0.05, 0.1) is 17.3 Å². The first-order valence-corrected chi connectivity index (χ1v) is 24.2. The lowest BCUT2D eigenvalue weighted by atomic mass is 9.87. The first kappa shape index (κ1) is 60.6. The molecule has 0 aromatic heterocycles. The summed E-state index contributed by atoms with van der Waals surface area (Å²) in [4.78, 5) is 25.1. The molecule has 0 amide bonds. The number of hydrogen-bond acceptors (Lipinski definition) is 4.